The Bertz CT molecular complexity index is 696. The van der Waals surface area contributed by atoms with Crippen molar-refractivity contribution in [3.05, 3.63) is 35.9 Å². The predicted molar refractivity (Wildman–Crippen MR) is 85.6 cm³/mol. The fourth-order valence-corrected chi connectivity index (χ4v) is 6.23. The average molecular weight is 321 g/mol. The van der Waals surface area contributed by atoms with Crippen LogP contribution in [-0.4, -0.2) is 19.5 Å². The highest BCUT2D eigenvalue weighted by molar-refractivity contribution is 7.90. The van der Waals surface area contributed by atoms with Crippen molar-refractivity contribution in [3.63, 3.8) is 0 Å². The van der Waals surface area contributed by atoms with Crippen LogP contribution in [0, 0.1) is 16.7 Å². The molecule has 5 heteroatoms. The molecule has 22 heavy (non-hydrogen) atoms. The molecule has 1 aromatic rings. The van der Waals surface area contributed by atoms with Crippen molar-refractivity contribution in [2.75, 3.05) is 0 Å². The molecule has 2 bridgehead atoms. The van der Waals surface area contributed by atoms with Gasteiger partial charge in [0.25, 0.3) is 0 Å². The van der Waals surface area contributed by atoms with E-state index in [1.807, 2.05) is 51.1 Å². The number of Topliss-reactive ketones (excluding diaryl/α,β-unsaturated/α-hetero) is 1. The summed E-state index contributed by atoms with van der Waals surface area (Å²) in [6.45, 7) is 6.24. The van der Waals surface area contributed by atoms with Crippen molar-refractivity contribution in [3.8, 4) is 0 Å². The van der Waals surface area contributed by atoms with Gasteiger partial charge in [0.2, 0.25) is 10.0 Å². The largest absolute Gasteiger partial charge is 0.298 e. The standard InChI is InChI=1S/C17H23NO3S/c1-16(2)13-9-10-17(16,3)15(19)14(13)22(20,21)18-11-12-7-5-4-6-8-12/h4-8,13-14,18H,9-11H2,1-3H3/t13-,14+,17+/m1/s1. The molecule has 3 rings (SSSR count). The first-order chi connectivity index (χ1) is 10.2. The molecule has 2 fully saturated rings. The van der Waals surface area contributed by atoms with Crippen LogP contribution in [0.15, 0.2) is 30.3 Å². The Morgan fingerprint density at radius 3 is 2.36 bits per heavy atom. The highest BCUT2D eigenvalue weighted by Crippen LogP contribution is 2.64. The number of hydrogen-bond donors (Lipinski definition) is 1. The molecular formula is C17H23NO3S. The molecule has 0 aromatic heterocycles. The molecule has 1 aromatic carbocycles. The fourth-order valence-electron chi connectivity index (χ4n) is 4.23. The summed E-state index contributed by atoms with van der Waals surface area (Å²) in [5, 5.41) is -0.898. The van der Waals surface area contributed by atoms with Gasteiger partial charge >= 0.3 is 0 Å². The van der Waals surface area contributed by atoms with Gasteiger partial charge in [-0.15, -0.1) is 0 Å². The second-order valence-corrected chi connectivity index (χ2v) is 9.22. The molecule has 1 N–H and O–H groups in total. The molecule has 0 amide bonds. The molecule has 0 aliphatic heterocycles. The lowest BCUT2D eigenvalue weighted by molar-refractivity contribution is -0.127. The topological polar surface area (TPSA) is 63.2 Å². The minimum atomic E-state index is -3.65. The van der Waals surface area contributed by atoms with Gasteiger partial charge in [-0.2, -0.15) is 0 Å². The summed E-state index contributed by atoms with van der Waals surface area (Å²) in [6.07, 6.45) is 1.61. The van der Waals surface area contributed by atoms with Gasteiger partial charge in [0.05, 0.1) is 0 Å². The van der Waals surface area contributed by atoms with Crippen molar-refractivity contribution in [2.45, 2.75) is 45.4 Å². The third-order valence-corrected chi connectivity index (χ3v) is 7.88. The first kappa shape index (κ1) is 15.7. The minimum Gasteiger partial charge on any atom is -0.298 e. The van der Waals surface area contributed by atoms with Crippen molar-refractivity contribution < 1.29 is 13.2 Å². The second kappa shape index (κ2) is 4.90. The summed E-state index contributed by atoms with van der Waals surface area (Å²) in [4.78, 5) is 12.7. The van der Waals surface area contributed by atoms with Crippen LogP contribution in [0.1, 0.15) is 39.2 Å². The van der Waals surface area contributed by atoms with Crippen LogP contribution >= 0.6 is 0 Å². The van der Waals surface area contributed by atoms with E-state index >= 15 is 0 Å². The number of hydrogen-bond acceptors (Lipinski definition) is 3. The van der Waals surface area contributed by atoms with Crippen LogP contribution in [-0.2, 0) is 21.4 Å². The number of rotatable bonds is 4. The smallest absolute Gasteiger partial charge is 0.222 e. The zero-order valence-corrected chi connectivity index (χ0v) is 14.1. The van der Waals surface area contributed by atoms with Crippen molar-refractivity contribution in [2.24, 2.45) is 16.7 Å². The summed E-state index contributed by atoms with van der Waals surface area (Å²) in [6, 6.07) is 9.38. The van der Waals surface area contributed by atoms with E-state index in [0.717, 1.165) is 18.4 Å². The number of nitrogens with one attached hydrogen (secondary N) is 1. The lowest BCUT2D eigenvalue weighted by Gasteiger charge is -2.32. The quantitative estimate of drug-likeness (QED) is 0.927. The van der Waals surface area contributed by atoms with E-state index in [4.69, 9.17) is 0 Å². The maximum Gasteiger partial charge on any atom is 0.222 e. The van der Waals surface area contributed by atoms with Crippen LogP contribution in [0.5, 0.6) is 0 Å². The molecule has 0 heterocycles. The molecule has 0 saturated heterocycles. The molecule has 0 unspecified atom stereocenters. The van der Waals surface area contributed by atoms with Crippen molar-refractivity contribution >= 4 is 15.8 Å². The van der Waals surface area contributed by atoms with Gasteiger partial charge in [-0.3, -0.25) is 4.79 Å². The zero-order chi connectivity index (χ0) is 16.2. The lowest BCUT2D eigenvalue weighted by Crippen LogP contribution is -2.44. The molecule has 3 atom stereocenters. The van der Waals surface area contributed by atoms with Crippen LogP contribution in [0.3, 0.4) is 0 Å². The van der Waals surface area contributed by atoms with E-state index in [2.05, 4.69) is 4.72 Å². The summed E-state index contributed by atoms with van der Waals surface area (Å²) < 4.78 is 28.0. The Morgan fingerprint density at radius 1 is 1.18 bits per heavy atom. The second-order valence-electron chi connectivity index (χ2n) is 7.34. The number of fused-ring (bicyclic) bond motifs is 2. The zero-order valence-electron chi connectivity index (χ0n) is 13.3. The SMILES string of the molecule is CC1(C)[C@@H]2CC[C@@]1(C)C(=O)[C@H]2S(=O)(=O)NCc1ccccc1. The fraction of sp³-hybridized carbons (Fsp3) is 0.588. The molecule has 4 nitrogen and oxygen atoms in total. The number of carbonyl (C=O) groups excluding carboxylic acids is 1. The Hall–Kier alpha value is -1.20. The molecule has 0 spiro atoms. The third kappa shape index (κ3) is 2.06. The van der Waals surface area contributed by atoms with E-state index < -0.39 is 20.7 Å². The van der Waals surface area contributed by atoms with Gasteiger partial charge in [0.1, 0.15) is 5.25 Å². The Kier molecular flexibility index (Phi) is 3.49. The summed E-state index contributed by atoms with van der Waals surface area (Å²) in [7, 11) is -3.65. The Morgan fingerprint density at radius 2 is 1.82 bits per heavy atom. The van der Waals surface area contributed by atoms with E-state index in [-0.39, 0.29) is 23.7 Å². The lowest BCUT2D eigenvalue weighted by atomic mass is 9.70. The molecular weight excluding hydrogens is 298 g/mol. The highest BCUT2D eigenvalue weighted by atomic mass is 32.2. The molecule has 2 saturated carbocycles. The number of carbonyl (C=O) groups is 1. The maximum absolute atomic E-state index is 12.7. The van der Waals surface area contributed by atoms with Crippen LogP contribution < -0.4 is 4.72 Å². The van der Waals surface area contributed by atoms with Crippen molar-refractivity contribution in [1.29, 1.82) is 0 Å². The number of benzene rings is 1. The molecule has 120 valence electrons. The number of sulfonamides is 1. The van der Waals surface area contributed by atoms with Crippen molar-refractivity contribution in [1.82, 2.24) is 4.72 Å². The average Bonchev–Trinajstić information content (AvgIpc) is 2.78. The van der Waals surface area contributed by atoms with Gasteiger partial charge in [-0.05, 0) is 29.7 Å². The molecule has 2 aliphatic carbocycles. The van der Waals surface area contributed by atoms with Gasteiger partial charge in [0.15, 0.2) is 5.78 Å². The summed E-state index contributed by atoms with van der Waals surface area (Å²) >= 11 is 0. The van der Waals surface area contributed by atoms with Gasteiger partial charge in [0, 0.05) is 12.0 Å². The first-order valence-corrected chi connectivity index (χ1v) is 9.31. The molecule has 0 radical (unpaired) electrons. The third-order valence-electron chi connectivity index (χ3n) is 6.13. The monoisotopic (exact) mass is 321 g/mol. The minimum absolute atomic E-state index is 0.0849. The van der Waals surface area contributed by atoms with Crippen LogP contribution in [0.2, 0.25) is 0 Å². The molecule has 2 aliphatic rings. The summed E-state index contributed by atoms with van der Waals surface area (Å²) in [5.41, 5.74) is 0.132. The highest BCUT2D eigenvalue weighted by Gasteiger charge is 2.69. The summed E-state index contributed by atoms with van der Waals surface area (Å²) in [5.74, 6) is -0.187. The van der Waals surface area contributed by atoms with Crippen LogP contribution in [0.25, 0.3) is 0 Å². The van der Waals surface area contributed by atoms with Gasteiger partial charge in [-0.25, -0.2) is 13.1 Å². The predicted octanol–water partition coefficient (Wildman–Crippen LogP) is 2.50. The Labute approximate surface area is 132 Å². The van der Waals surface area contributed by atoms with Crippen LogP contribution in [0.4, 0.5) is 0 Å². The maximum atomic E-state index is 12.7. The first-order valence-electron chi connectivity index (χ1n) is 7.77. The van der Waals surface area contributed by atoms with Gasteiger partial charge in [-0.1, -0.05) is 51.1 Å². The number of ketones is 1. The van der Waals surface area contributed by atoms with E-state index in [1.54, 1.807) is 0 Å². The Balaban J connectivity index is 1.83. The van der Waals surface area contributed by atoms with Gasteiger partial charge < -0.3 is 0 Å². The van der Waals surface area contributed by atoms with E-state index in [0.29, 0.717) is 0 Å². The van der Waals surface area contributed by atoms with E-state index in [1.165, 1.54) is 0 Å². The normalized spacial score (nSPS) is 33.3. The van der Waals surface area contributed by atoms with E-state index in [9.17, 15) is 13.2 Å².